The van der Waals surface area contributed by atoms with Gasteiger partial charge in [-0.1, -0.05) is 6.07 Å². The summed E-state index contributed by atoms with van der Waals surface area (Å²) in [7, 11) is 0. The Kier molecular flexibility index (Phi) is 3.14. The van der Waals surface area contributed by atoms with Crippen LogP contribution in [-0.4, -0.2) is 32.1 Å². The van der Waals surface area contributed by atoms with E-state index >= 15 is 0 Å². The van der Waals surface area contributed by atoms with E-state index in [9.17, 15) is 0 Å². The van der Waals surface area contributed by atoms with Gasteiger partial charge in [0.25, 0.3) is 0 Å². The highest BCUT2D eigenvalue weighted by Gasteiger charge is 2.26. The Morgan fingerprint density at radius 1 is 1.28 bits per heavy atom. The van der Waals surface area contributed by atoms with Crippen molar-refractivity contribution in [1.29, 1.82) is 0 Å². The summed E-state index contributed by atoms with van der Waals surface area (Å²) in [5.74, 6) is 1.72. The van der Waals surface area contributed by atoms with Crippen LogP contribution in [0.4, 0.5) is 0 Å². The number of aryl methyl sites for hydroxylation is 1. The Labute approximate surface area is 107 Å². The molecule has 0 aliphatic carbocycles. The van der Waals surface area contributed by atoms with E-state index < -0.39 is 0 Å². The van der Waals surface area contributed by atoms with Gasteiger partial charge in [-0.3, -0.25) is 0 Å². The normalized spacial score (nSPS) is 26.3. The Bertz CT molecular complexity index is 427. The summed E-state index contributed by atoms with van der Waals surface area (Å²) >= 11 is 0. The Morgan fingerprint density at radius 2 is 2.17 bits per heavy atom. The van der Waals surface area contributed by atoms with E-state index in [0.29, 0.717) is 6.79 Å². The summed E-state index contributed by atoms with van der Waals surface area (Å²) < 4.78 is 16.2. The molecule has 18 heavy (non-hydrogen) atoms. The van der Waals surface area contributed by atoms with Gasteiger partial charge in [-0.05, 0) is 37.5 Å². The summed E-state index contributed by atoms with van der Waals surface area (Å²) in [6.07, 6.45) is 2.08. The molecule has 1 fully saturated rings. The van der Waals surface area contributed by atoms with E-state index in [1.54, 1.807) is 0 Å². The molecule has 98 valence electrons. The third kappa shape index (κ3) is 2.44. The predicted octanol–water partition coefficient (Wildman–Crippen LogP) is 1.73. The summed E-state index contributed by atoms with van der Waals surface area (Å²) in [5, 5.41) is 3.54. The minimum atomic E-state index is 0.0919. The monoisotopic (exact) mass is 249 g/mol. The highest BCUT2D eigenvalue weighted by atomic mass is 16.7. The lowest BCUT2D eigenvalue weighted by molar-refractivity contribution is 0.0318. The fourth-order valence-electron chi connectivity index (χ4n) is 2.45. The lowest BCUT2D eigenvalue weighted by atomic mass is 9.93. The smallest absolute Gasteiger partial charge is 0.231 e. The third-order valence-corrected chi connectivity index (χ3v) is 3.62. The first-order valence-corrected chi connectivity index (χ1v) is 6.47. The Hall–Kier alpha value is -1.26. The largest absolute Gasteiger partial charge is 0.454 e. The van der Waals surface area contributed by atoms with Crippen molar-refractivity contribution in [1.82, 2.24) is 5.32 Å². The van der Waals surface area contributed by atoms with Gasteiger partial charge in [0.1, 0.15) is 0 Å². The molecule has 0 bridgehead atoms. The molecule has 1 atom stereocenters. The zero-order valence-corrected chi connectivity index (χ0v) is 10.7. The van der Waals surface area contributed by atoms with E-state index in [0.717, 1.165) is 44.1 Å². The van der Waals surface area contributed by atoms with Crippen molar-refractivity contribution in [2.75, 3.05) is 26.6 Å². The molecule has 4 nitrogen and oxygen atoms in total. The number of hydrogen-bond donors (Lipinski definition) is 1. The summed E-state index contributed by atoms with van der Waals surface area (Å²) in [6, 6.07) is 6.18. The van der Waals surface area contributed by atoms with E-state index in [2.05, 4.69) is 24.4 Å². The number of ether oxygens (including phenoxy) is 3. The molecule has 2 aliphatic rings. The SMILES string of the molecule is CC1(CCc2ccc3c(c2)OCO3)COCCN1. The van der Waals surface area contributed by atoms with Crippen molar-refractivity contribution < 1.29 is 14.2 Å². The van der Waals surface area contributed by atoms with Gasteiger partial charge in [0.2, 0.25) is 6.79 Å². The van der Waals surface area contributed by atoms with Crippen molar-refractivity contribution >= 4 is 0 Å². The molecule has 1 unspecified atom stereocenters. The Balaban J connectivity index is 1.62. The first-order chi connectivity index (χ1) is 8.75. The van der Waals surface area contributed by atoms with Gasteiger partial charge in [-0.25, -0.2) is 0 Å². The van der Waals surface area contributed by atoms with Crippen molar-refractivity contribution in [3.63, 3.8) is 0 Å². The van der Waals surface area contributed by atoms with Crippen molar-refractivity contribution in [2.24, 2.45) is 0 Å². The highest BCUT2D eigenvalue weighted by molar-refractivity contribution is 5.44. The first kappa shape index (κ1) is 11.8. The molecule has 0 radical (unpaired) electrons. The standard InChI is InChI=1S/C14H19NO3/c1-14(9-16-7-6-15-14)5-4-11-2-3-12-13(8-11)18-10-17-12/h2-3,8,15H,4-7,9-10H2,1H3. The molecule has 2 heterocycles. The topological polar surface area (TPSA) is 39.7 Å². The molecule has 1 N–H and O–H groups in total. The second-order valence-electron chi connectivity index (χ2n) is 5.23. The van der Waals surface area contributed by atoms with Crippen LogP contribution < -0.4 is 14.8 Å². The zero-order valence-electron chi connectivity index (χ0n) is 10.7. The van der Waals surface area contributed by atoms with Crippen LogP contribution in [0.3, 0.4) is 0 Å². The summed E-state index contributed by atoms with van der Waals surface area (Å²) in [5.41, 5.74) is 1.38. The summed E-state index contributed by atoms with van der Waals surface area (Å²) in [6.45, 7) is 5.11. The highest BCUT2D eigenvalue weighted by Crippen LogP contribution is 2.33. The van der Waals surface area contributed by atoms with E-state index in [1.165, 1.54) is 5.56 Å². The van der Waals surface area contributed by atoms with Crippen molar-refractivity contribution in [2.45, 2.75) is 25.3 Å². The lowest BCUT2D eigenvalue weighted by Gasteiger charge is -2.34. The van der Waals surface area contributed by atoms with E-state index in [4.69, 9.17) is 14.2 Å². The molecule has 3 rings (SSSR count). The number of nitrogens with one attached hydrogen (secondary N) is 1. The number of fused-ring (bicyclic) bond motifs is 1. The quantitative estimate of drug-likeness (QED) is 0.885. The molecular weight excluding hydrogens is 230 g/mol. The van der Waals surface area contributed by atoms with Crippen LogP contribution in [0, 0.1) is 0 Å². The van der Waals surface area contributed by atoms with Crippen LogP contribution in [0.25, 0.3) is 0 Å². The van der Waals surface area contributed by atoms with Gasteiger partial charge in [0, 0.05) is 12.1 Å². The van der Waals surface area contributed by atoms with Crippen LogP contribution >= 0.6 is 0 Å². The maximum atomic E-state index is 5.54. The third-order valence-electron chi connectivity index (χ3n) is 3.62. The predicted molar refractivity (Wildman–Crippen MR) is 68.1 cm³/mol. The van der Waals surface area contributed by atoms with Crippen LogP contribution in [0.15, 0.2) is 18.2 Å². The second-order valence-corrected chi connectivity index (χ2v) is 5.23. The number of hydrogen-bond acceptors (Lipinski definition) is 4. The fraction of sp³-hybridized carbons (Fsp3) is 0.571. The maximum absolute atomic E-state index is 5.54. The van der Waals surface area contributed by atoms with Crippen LogP contribution in [0.2, 0.25) is 0 Å². The summed E-state index contributed by atoms with van der Waals surface area (Å²) in [4.78, 5) is 0. The molecule has 0 amide bonds. The van der Waals surface area contributed by atoms with Crippen LogP contribution in [-0.2, 0) is 11.2 Å². The van der Waals surface area contributed by atoms with Gasteiger partial charge >= 0.3 is 0 Å². The van der Waals surface area contributed by atoms with E-state index in [-0.39, 0.29) is 5.54 Å². The number of morpholine rings is 1. The molecule has 1 aromatic rings. The fourth-order valence-corrected chi connectivity index (χ4v) is 2.45. The minimum Gasteiger partial charge on any atom is -0.454 e. The molecule has 1 saturated heterocycles. The zero-order chi connectivity index (χ0) is 12.4. The van der Waals surface area contributed by atoms with Gasteiger partial charge < -0.3 is 19.5 Å². The van der Waals surface area contributed by atoms with Crippen LogP contribution in [0.5, 0.6) is 11.5 Å². The average molecular weight is 249 g/mol. The number of benzene rings is 1. The van der Waals surface area contributed by atoms with Gasteiger partial charge in [-0.15, -0.1) is 0 Å². The van der Waals surface area contributed by atoms with Gasteiger partial charge in [0.05, 0.1) is 13.2 Å². The van der Waals surface area contributed by atoms with Crippen LogP contribution in [0.1, 0.15) is 18.9 Å². The number of rotatable bonds is 3. The van der Waals surface area contributed by atoms with Crippen molar-refractivity contribution in [3.05, 3.63) is 23.8 Å². The van der Waals surface area contributed by atoms with Gasteiger partial charge in [-0.2, -0.15) is 0 Å². The van der Waals surface area contributed by atoms with E-state index in [1.807, 2.05) is 6.07 Å². The first-order valence-electron chi connectivity index (χ1n) is 6.47. The molecule has 0 aromatic heterocycles. The molecule has 4 heteroatoms. The Morgan fingerprint density at radius 3 is 3.00 bits per heavy atom. The minimum absolute atomic E-state index is 0.0919. The van der Waals surface area contributed by atoms with Gasteiger partial charge in [0.15, 0.2) is 11.5 Å². The molecule has 0 saturated carbocycles. The lowest BCUT2D eigenvalue weighted by Crippen LogP contribution is -2.52. The molecular formula is C14H19NO3. The molecule has 2 aliphatic heterocycles. The second kappa shape index (κ2) is 4.78. The average Bonchev–Trinajstić information content (AvgIpc) is 2.85. The maximum Gasteiger partial charge on any atom is 0.231 e. The molecule has 0 spiro atoms. The molecule has 1 aromatic carbocycles. The van der Waals surface area contributed by atoms with Crippen molar-refractivity contribution in [3.8, 4) is 11.5 Å².